The molecule has 0 spiro atoms. The number of amidine groups is 2. The van der Waals surface area contributed by atoms with Crippen LogP contribution in [0.4, 0.5) is 11.4 Å². The number of benzene rings is 2. The van der Waals surface area contributed by atoms with Crippen LogP contribution in [0.1, 0.15) is 9.75 Å². The number of aliphatic imine (C=N–C) groups is 2. The summed E-state index contributed by atoms with van der Waals surface area (Å²) in [5.74, 6) is 0. The first-order valence-corrected chi connectivity index (χ1v) is 15.1. The molecule has 0 radical (unpaired) electrons. The van der Waals surface area contributed by atoms with Crippen molar-refractivity contribution >= 4 is 114 Å². The Kier molecular flexibility index (Phi) is 16.1. The Morgan fingerprint density at radius 3 is 1.37 bits per heavy atom. The Hall–Kier alpha value is -2.10. The Bertz CT molecular complexity index is 1230. The van der Waals surface area contributed by atoms with Gasteiger partial charge in [0.25, 0.3) is 0 Å². The minimum Gasteiger partial charge on any atom is -0.741 e. The molecule has 2 aromatic heterocycles. The predicted octanol–water partition coefficient (Wildman–Crippen LogP) is 7.22. The van der Waals surface area contributed by atoms with Crippen molar-refractivity contribution in [3.05, 3.63) is 102 Å². The molecule has 0 aliphatic carbocycles. The standard InChI is InChI=1S/2C12H10BrN3S2.O.V/c2*13-9-3-5-10(6-4-9)15-12(17)16-14-8-11-2-1-7-18-11;;/h2*1-8H,(H2,15,16,17);;/q;;;+2/p-2/b2*14-8+;;. The van der Waals surface area contributed by atoms with Gasteiger partial charge >= 0.3 is 21.0 Å². The van der Waals surface area contributed by atoms with Crippen molar-refractivity contribution in [2.45, 2.75) is 0 Å². The molecule has 193 valence electrons. The molecule has 2 heterocycles. The number of nitrogens with one attached hydrogen (secondary N) is 2. The summed E-state index contributed by atoms with van der Waals surface area (Å²) in [7, 11) is 0. The number of hydrogen-bond donors (Lipinski definition) is 2. The van der Waals surface area contributed by atoms with Crippen LogP contribution in [0, 0.1) is 0 Å². The minimum atomic E-state index is 0.338. The van der Waals surface area contributed by atoms with Gasteiger partial charge in [0.2, 0.25) is 0 Å². The van der Waals surface area contributed by atoms with Crippen LogP contribution in [0.5, 0.6) is 0 Å². The van der Waals surface area contributed by atoms with Gasteiger partial charge in [-0.1, -0.05) is 44.0 Å². The third-order valence-corrected chi connectivity index (χ3v) is 6.94. The molecule has 0 aliphatic heterocycles. The maximum atomic E-state index is 8.19. The van der Waals surface area contributed by atoms with Crippen molar-refractivity contribution in [1.82, 2.24) is 10.9 Å². The van der Waals surface area contributed by atoms with Crippen LogP contribution in [0.2, 0.25) is 0 Å². The van der Waals surface area contributed by atoms with E-state index in [4.69, 9.17) is 28.9 Å². The van der Waals surface area contributed by atoms with E-state index in [0.717, 1.165) is 47.4 Å². The quantitative estimate of drug-likeness (QED) is 0.0943. The predicted molar refractivity (Wildman–Crippen MR) is 168 cm³/mol. The number of halogens is 2. The molecule has 7 nitrogen and oxygen atoms in total. The van der Waals surface area contributed by atoms with Crippen LogP contribution < -0.4 is 10.9 Å². The summed E-state index contributed by atoms with van der Waals surface area (Å²) in [6, 6.07) is 23.0. The van der Waals surface area contributed by atoms with Crippen LogP contribution in [-0.2, 0) is 46.3 Å². The number of thiophene rings is 2. The summed E-state index contributed by atoms with van der Waals surface area (Å²) in [6.45, 7) is 0. The molecule has 0 saturated carbocycles. The normalized spacial score (nSPS) is 11.5. The third-order valence-electron chi connectivity index (χ3n) is 3.90. The molecule has 0 saturated heterocycles. The molecule has 4 rings (SSSR count). The molecule has 0 atom stereocenters. The second-order valence-electron chi connectivity index (χ2n) is 6.56. The SMILES string of the molecule is [O]=[V+2].[S-]C(=Nc1ccc(Br)cc1)N/N=C/c1cccs1.[S-]C(=Nc1ccc(Br)cc1)N/N=C/c1cccs1. The smallest absolute Gasteiger partial charge is 0.0644 e. The number of hydrogen-bond acceptors (Lipinski definition) is 9. The second kappa shape index (κ2) is 19.0. The monoisotopic (exact) mass is 743 g/mol. The maximum Gasteiger partial charge on any atom is 0.0644 e. The molecule has 38 heavy (non-hydrogen) atoms. The van der Waals surface area contributed by atoms with Crippen molar-refractivity contribution in [3.63, 3.8) is 0 Å². The van der Waals surface area contributed by atoms with Crippen LogP contribution in [-0.4, -0.2) is 22.8 Å². The average molecular weight is 745 g/mol. The largest absolute Gasteiger partial charge is 0.741 e. The van der Waals surface area contributed by atoms with Gasteiger partial charge in [-0.25, -0.2) is 0 Å². The molecule has 14 heteroatoms. The fourth-order valence-electron chi connectivity index (χ4n) is 2.35. The Labute approximate surface area is 266 Å². The summed E-state index contributed by atoms with van der Waals surface area (Å²) < 4.78 is 10.2. The van der Waals surface area contributed by atoms with E-state index in [9.17, 15) is 0 Å². The van der Waals surface area contributed by atoms with Gasteiger partial charge in [-0.05, 0) is 71.4 Å². The fraction of sp³-hybridized carbons (Fsp3) is 0. The van der Waals surface area contributed by atoms with Crippen molar-refractivity contribution in [2.75, 3.05) is 0 Å². The van der Waals surface area contributed by atoms with Crippen LogP contribution >= 0.6 is 54.5 Å². The summed E-state index contributed by atoms with van der Waals surface area (Å²) in [5, 5.41) is 12.7. The second-order valence-corrected chi connectivity index (χ2v) is 11.1. The molecule has 0 fully saturated rings. The first kappa shape index (κ1) is 32.1. The molecular weight excluding hydrogens is 727 g/mol. The zero-order valence-electron chi connectivity index (χ0n) is 19.3. The van der Waals surface area contributed by atoms with Crippen LogP contribution in [0.25, 0.3) is 0 Å². The Morgan fingerprint density at radius 2 is 1.05 bits per heavy atom. The zero-order chi connectivity index (χ0) is 27.6. The Morgan fingerprint density at radius 1 is 0.684 bits per heavy atom. The zero-order valence-corrected chi connectivity index (χ0v) is 27.1. The van der Waals surface area contributed by atoms with E-state index in [1.54, 1.807) is 35.1 Å². The first-order chi connectivity index (χ1) is 18.5. The van der Waals surface area contributed by atoms with Crippen LogP contribution in [0.15, 0.2) is 113 Å². The van der Waals surface area contributed by atoms with E-state index in [1.165, 1.54) is 0 Å². The Balaban J connectivity index is 0.000000251. The van der Waals surface area contributed by atoms with Crippen LogP contribution in [0.3, 0.4) is 0 Å². The number of rotatable bonds is 6. The molecule has 0 bridgehead atoms. The fourth-order valence-corrected chi connectivity index (χ4v) is 4.36. The van der Waals surface area contributed by atoms with E-state index in [2.05, 4.69) is 62.9 Å². The van der Waals surface area contributed by atoms with E-state index < -0.39 is 0 Å². The van der Waals surface area contributed by atoms with E-state index in [-0.39, 0.29) is 0 Å². The van der Waals surface area contributed by atoms with Gasteiger partial charge in [-0.2, -0.15) is 10.2 Å². The van der Waals surface area contributed by atoms with Gasteiger partial charge in [0.15, 0.2) is 0 Å². The van der Waals surface area contributed by atoms with Crippen molar-refractivity contribution in [3.8, 4) is 0 Å². The minimum absolute atomic E-state index is 0.338. The van der Waals surface area contributed by atoms with E-state index in [1.807, 2.05) is 83.6 Å². The molecule has 4 aromatic rings. The summed E-state index contributed by atoms with van der Waals surface area (Å²) >= 11 is 21.1. The summed E-state index contributed by atoms with van der Waals surface area (Å²) in [6.07, 6.45) is 3.43. The third kappa shape index (κ3) is 13.6. The van der Waals surface area contributed by atoms with Gasteiger partial charge in [-0.3, -0.25) is 20.8 Å². The first-order valence-electron chi connectivity index (χ1n) is 10.3. The molecule has 0 aliphatic rings. The molecule has 2 aromatic carbocycles. The van der Waals surface area contributed by atoms with Gasteiger partial charge in [0.1, 0.15) is 0 Å². The summed E-state index contributed by atoms with van der Waals surface area (Å²) in [5.41, 5.74) is 7.01. The van der Waals surface area contributed by atoms with Gasteiger partial charge in [-0.15, -0.1) is 22.7 Å². The number of hydrazone groups is 2. The number of nitrogens with zero attached hydrogens (tertiary/aromatic N) is 4. The van der Waals surface area contributed by atoms with E-state index in [0.29, 0.717) is 10.3 Å². The van der Waals surface area contributed by atoms with Crippen molar-refractivity contribution < 1.29 is 21.0 Å². The average Bonchev–Trinajstić information content (AvgIpc) is 3.63. The van der Waals surface area contributed by atoms with E-state index >= 15 is 0 Å². The van der Waals surface area contributed by atoms with Gasteiger partial charge in [0, 0.05) is 29.0 Å². The molecular formula is C24H18Br2N6OS4V. The van der Waals surface area contributed by atoms with Gasteiger partial charge < -0.3 is 25.3 Å². The maximum absolute atomic E-state index is 8.19. The van der Waals surface area contributed by atoms with Crippen molar-refractivity contribution in [1.29, 1.82) is 0 Å². The molecule has 2 N–H and O–H groups in total. The van der Waals surface area contributed by atoms with Crippen molar-refractivity contribution in [2.24, 2.45) is 20.2 Å². The molecule has 0 amide bonds. The molecule has 0 unspecified atom stereocenters. The van der Waals surface area contributed by atoms with Gasteiger partial charge in [0.05, 0.1) is 23.8 Å². The summed E-state index contributed by atoms with van der Waals surface area (Å²) in [4.78, 5) is 10.5. The topological polar surface area (TPSA) is 90.6 Å².